The van der Waals surface area contributed by atoms with Crippen molar-refractivity contribution in [2.24, 2.45) is 0 Å². The van der Waals surface area contributed by atoms with Gasteiger partial charge in [0.1, 0.15) is 47.2 Å². The summed E-state index contributed by atoms with van der Waals surface area (Å²) >= 11 is 0. The molecular weight excluding hydrogens is 669 g/mol. The molecule has 0 N–H and O–H groups in total. The van der Waals surface area contributed by atoms with E-state index in [0.717, 1.165) is 23.0 Å². The quantitative estimate of drug-likeness (QED) is 0.133. The van der Waals surface area contributed by atoms with E-state index in [-0.39, 0.29) is 0 Å². The zero-order valence-electron chi connectivity index (χ0n) is 30.4. The topological polar surface area (TPSA) is 18.5 Å². The maximum absolute atomic E-state index is 7.04. The van der Waals surface area contributed by atoms with Gasteiger partial charge >= 0.3 is 0 Å². The third-order valence-corrected chi connectivity index (χ3v) is 24.0. The maximum Gasteiger partial charge on any atom is 0.150 e. The van der Waals surface area contributed by atoms with E-state index in [0.29, 0.717) is 5.92 Å². The van der Waals surface area contributed by atoms with Gasteiger partial charge in [-0.2, -0.15) is 0 Å². The van der Waals surface area contributed by atoms with Crippen molar-refractivity contribution in [3.05, 3.63) is 139 Å². The predicted molar refractivity (Wildman–Crippen MR) is 223 cm³/mol. The molecule has 1 unspecified atom stereocenters. The molecule has 9 rings (SSSR count). The fourth-order valence-corrected chi connectivity index (χ4v) is 19.0. The lowest BCUT2D eigenvalue weighted by atomic mass is 9.89. The molecule has 0 amide bonds. The van der Waals surface area contributed by atoms with Gasteiger partial charge in [0, 0.05) is 5.56 Å². The number of fused-ring (bicyclic) bond motifs is 4. The zero-order chi connectivity index (χ0) is 35.0. The van der Waals surface area contributed by atoms with Gasteiger partial charge in [-0.05, 0) is 78.3 Å². The third kappa shape index (κ3) is 5.00. The molecule has 2 nitrogen and oxygen atoms in total. The fraction of sp³-hybridized carbons (Fsp3) is 0.217. The first-order valence-corrected chi connectivity index (χ1v) is 27.2. The van der Waals surface area contributed by atoms with Crippen molar-refractivity contribution in [3.63, 3.8) is 0 Å². The van der Waals surface area contributed by atoms with Gasteiger partial charge in [-0.15, -0.1) is 0 Å². The van der Waals surface area contributed by atoms with Crippen LogP contribution in [0.5, 0.6) is 23.0 Å². The summed E-state index contributed by atoms with van der Waals surface area (Å²) in [6.45, 7) is 12.5. The molecule has 254 valence electrons. The lowest BCUT2D eigenvalue weighted by Gasteiger charge is -2.38. The molecule has 0 spiro atoms. The molecule has 3 aliphatic rings. The van der Waals surface area contributed by atoms with Crippen LogP contribution in [-0.4, -0.2) is 24.2 Å². The summed E-state index contributed by atoms with van der Waals surface area (Å²) in [5.41, 5.74) is 4.07. The molecular formula is C46H46O2Si3. The minimum Gasteiger partial charge on any atom is -0.458 e. The normalized spacial score (nSPS) is 17.9. The van der Waals surface area contributed by atoms with Crippen molar-refractivity contribution < 1.29 is 9.47 Å². The Morgan fingerprint density at radius 1 is 0.510 bits per heavy atom. The molecule has 5 heteroatoms. The molecule has 0 radical (unpaired) electrons. The van der Waals surface area contributed by atoms with Gasteiger partial charge in [0.2, 0.25) is 0 Å². The van der Waals surface area contributed by atoms with E-state index in [1.807, 2.05) is 0 Å². The lowest BCUT2D eigenvalue weighted by Crippen LogP contribution is -2.67. The van der Waals surface area contributed by atoms with Crippen LogP contribution >= 0.6 is 0 Å². The van der Waals surface area contributed by atoms with E-state index in [2.05, 4.69) is 166 Å². The first-order valence-electron chi connectivity index (χ1n) is 18.7. The average Bonchev–Trinajstić information content (AvgIpc) is 3.70. The SMILES string of the molecule is C[Si]1(C)c2ccccc2Oc2c(-c3cc([Si](C)(c4ccccc4)c4cccc5c4Oc4ccccc4[Si]5(C)C)ccc3C3CCCC3)cccc21. The number of hydrogen-bond acceptors (Lipinski definition) is 2. The monoisotopic (exact) mass is 714 g/mol. The first-order chi connectivity index (χ1) is 24.7. The van der Waals surface area contributed by atoms with Crippen molar-refractivity contribution in [1.29, 1.82) is 0 Å². The Morgan fingerprint density at radius 2 is 1.06 bits per heavy atom. The highest BCUT2D eigenvalue weighted by molar-refractivity contribution is 7.12. The van der Waals surface area contributed by atoms with Gasteiger partial charge in [-0.3, -0.25) is 0 Å². The molecule has 1 atom stereocenters. The van der Waals surface area contributed by atoms with Gasteiger partial charge in [0.05, 0.1) is 0 Å². The molecule has 0 bridgehead atoms. The molecule has 0 saturated heterocycles. The number of ether oxygens (including phenoxy) is 2. The van der Waals surface area contributed by atoms with Gasteiger partial charge < -0.3 is 9.47 Å². The highest BCUT2D eigenvalue weighted by atomic mass is 28.3. The van der Waals surface area contributed by atoms with E-state index in [1.54, 1.807) is 0 Å². The van der Waals surface area contributed by atoms with E-state index in [9.17, 15) is 0 Å². The third-order valence-electron chi connectivity index (χ3n) is 12.5. The van der Waals surface area contributed by atoms with Crippen molar-refractivity contribution in [2.75, 3.05) is 0 Å². The predicted octanol–water partition coefficient (Wildman–Crippen LogP) is 7.97. The second-order valence-electron chi connectivity index (χ2n) is 16.1. The molecule has 51 heavy (non-hydrogen) atoms. The Bertz CT molecular complexity index is 2300. The summed E-state index contributed by atoms with van der Waals surface area (Å²) in [5, 5.41) is 9.70. The van der Waals surface area contributed by atoms with Gasteiger partial charge in [-0.1, -0.05) is 167 Å². The first kappa shape index (κ1) is 32.5. The van der Waals surface area contributed by atoms with Crippen LogP contribution in [-0.2, 0) is 0 Å². The molecule has 2 aliphatic heterocycles. The molecule has 1 saturated carbocycles. The summed E-state index contributed by atoms with van der Waals surface area (Å²) in [7, 11) is -6.62. The summed E-state index contributed by atoms with van der Waals surface area (Å²) in [6.07, 6.45) is 5.09. The molecule has 2 heterocycles. The van der Waals surface area contributed by atoms with Crippen LogP contribution in [0, 0.1) is 0 Å². The Hall–Kier alpha value is -4.43. The standard InChI is InChI=1S/C46H46O2Si3/c1-49(2)40-24-13-11-22-38(40)47-45-36(21-15-26-42(45)49)37-31-34(29-30-35(37)32-17-9-10-18-32)51(5,33-19-7-6-8-20-33)44-28-16-27-43-46(44)48-39-23-12-14-25-41(39)50(43,3)4/h6-8,11-16,19-32H,9-10,17-18H2,1-5H3. The van der Waals surface area contributed by atoms with Crippen LogP contribution in [0.1, 0.15) is 37.2 Å². The van der Waals surface area contributed by atoms with Crippen molar-refractivity contribution in [2.45, 2.75) is 64.3 Å². The van der Waals surface area contributed by atoms with Crippen LogP contribution in [0.3, 0.4) is 0 Å². The second-order valence-corrected chi connectivity index (χ2v) is 28.7. The minimum absolute atomic E-state index is 0.562. The van der Waals surface area contributed by atoms with E-state index in [4.69, 9.17) is 9.47 Å². The number of para-hydroxylation sites is 4. The van der Waals surface area contributed by atoms with E-state index < -0.39 is 24.2 Å². The van der Waals surface area contributed by atoms with Crippen LogP contribution in [0.4, 0.5) is 0 Å². The Morgan fingerprint density at radius 3 is 1.73 bits per heavy atom. The summed E-state index contributed by atoms with van der Waals surface area (Å²) in [6, 6.07) is 50.3. The zero-order valence-corrected chi connectivity index (χ0v) is 33.4. The molecule has 0 aromatic heterocycles. The Kier molecular flexibility index (Phi) is 7.69. The second kappa shape index (κ2) is 12.1. The highest BCUT2D eigenvalue weighted by Gasteiger charge is 2.44. The largest absolute Gasteiger partial charge is 0.458 e. The van der Waals surface area contributed by atoms with Gasteiger partial charge in [0.25, 0.3) is 0 Å². The molecule has 1 fully saturated rings. The number of benzene rings is 6. The van der Waals surface area contributed by atoms with Crippen LogP contribution in [0.25, 0.3) is 11.1 Å². The van der Waals surface area contributed by atoms with Crippen molar-refractivity contribution in [1.82, 2.24) is 0 Å². The number of hydrogen-bond donors (Lipinski definition) is 0. The lowest BCUT2D eigenvalue weighted by molar-refractivity contribution is 0.488. The summed E-state index contributed by atoms with van der Waals surface area (Å²) in [5.74, 6) is 4.77. The van der Waals surface area contributed by atoms with Crippen molar-refractivity contribution >= 4 is 60.5 Å². The Labute approximate surface area is 306 Å². The van der Waals surface area contributed by atoms with Gasteiger partial charge in [-0.25, -0.2) is 0 Å². The van der Waals surface area contributed by atoms with E-state index in [1.165, 1.54) is 78.7 Å². The van der Waals surface area contributed by atoms with Crippen LogP contribution < -0.4 is 45.8 Å². The summed E-state index contributed by atoms with van der Waals surface area (Å²) in [4.78, 5) is 0. The van der Waals surface area contributed by atoms with E-state index >= 15 is 0 Å². The fourth-order valence-electron chi connectivity index (χ4n) is 9.48. The highest BCUT2D eigenvalue weighted by Crippen LogP contribution is 2.43. The van der Waals surface area contributed by atoms with Crippen molar-refractivity contribution in [3.8, 4) is 34.1 Å². The van der Waals surface area contributed by atoms with Gasteiger partial charge in [0.15, 0.2) is 0 Å². The minimum atomic E-state index is -2.62. The smallest absolute Gasteiger partial charge is 0.150 e. The maximum atomic E-state index is 7.04. The average molecular weight is 715 g/mol. The Balaban J connectivity index is 1.29. The number of rotatable bonds is 5. The van der Waals surface area contributed by atoms with Crippen LogP contribution in [0.2, 0.25) is 32.7 Å². The molecule has 1 aliphatic carbocycles. The van der Waals surface area contributed by atoms with Crippen LogP contribution in [0.15, 0.2) is 133 Å². The summed E-state index contributed by atoms with van der Waals surface area (Å²) < 4.78 is 14.0. The molecule has 6 aromatic carbocycles. The molecule has 6 aromatic rings.